The van der Waals surface area contributed by atoms with E-state index in [-0.39, 0.29) is 5.92 Å². The molecule has 1 aromatic rings. The third-order valence-corrected chi connectivity index (χ3v) is 3.29. The van der Waals surface area contributed by atoms with Crippen molar-refractivity contribution in [2.75, 3.05) is 0 Å². The second kappa shape index (κ2) is 8.36. The average Bonchev–Trinajstić information content (AvgIpc) is 2.46. The number of allylic oxidation sites excluding steroid dienone is 6. The lowest BCUT2D eigenvalue weighted by molar-refractivity contribution is 0.334. The van der Waals surface area contributed by atoms with Crippen molar-refractivity contribution in [3.05, 3.63) is 66.0 Å². The van der Waals surface area contributed by atoms with Crippen LogP contribution in [-0.2, 0) is 0 Å². The smallest absolute Gasteiger partial charge is 0.0913 e. The summed E-state index contributed by atoms with van der Waals surface area (Å²) in [5.41, 5.74) is 2.48. The van der Waals surface area contributed by atoms with E-state index in [1.165, 1.54) is 11.1 Å². The molecule has 0 amide bonds. The van der Waals surface area contributed by atoms with Gasteiger partial charge in [0.15, 0.2) is 0 Å². The van der Waals surface area contributed by atoms with E-state index >= 15 is 0 Å². The molecular weight excluding hydrogens is 232 g/mol. The van der Waals surface area contributed by atoms with E-state index in [1.807, 2.05) is 37.3 Å². The predicted molar refractivity (Wildman–Crippen MR) is 84.0 cm³/mol. The van der Waals surface area contributed by atoms with Crippen LogP contribution in [0.1, 0.15) is 39.2 Å². The Morgan fingerprint density at radius 1 is 1.26 bits per heavy atom. The van der Waals surface area contributed by atoms with Crippen molar-refractivity contribution in [2.24, 2.45) is 5.92 Å². The lowest BCUT2D eigenvalue weighted by Crippen LogP contribution is -1.95. The second-order valence-electron chi connectivity index (χ2n) is 4.82. The topological polar surface area (TPSA) is 20.2 Å². The maximum Gasteiger partial charge on any atom is 0.0913 e. The first-order chi connectivity index (χ1) is 9.15. The average molecular weight is 256 g/mol. The Labute approximate surface area is 117 Å². The summed E-state index contributed by atoms with van der Waals surface area (Å²) in [4.78, 5) is 0. The molecule has 1 atom stereocenters. The highest BCUT2D eigenvalue weighted by Gasteiger charge is 2.01. The molecule has 1 N–H and O–H groups in total. The molecule has 0 fully saturated rings. The molecule has 0 aliphatic rings. The zero-order chi connectivity index (χ0) is 14.1. The van der Waals surface area contributed by atoms with Gasteiger partial charge in [0.25, 0.3) is 0 Å². The van der Waals surface area contributed by atoms with Gasteiger partial charge in [-0.25, -0.2) is 0 Å². The molecule has 0 saturated carbocycles. The van der Waals surface area contributed by atoms with Crippen LogP contribution in [0, 0.1) is 5.92 Å². The fraction of sp³-hybridized carbons (Fsp3) is 0.333. The van der Waals surface area contributed by atoms with E-state index in [2.05, 4.69) is 38.1 Å². The molecule has 0 spiro atoms. The number of rotatable bonds is 6. The number of hydrogen-bond donors (Lipinski definition) is 1. The summed E-state index contributed by atoms with van der Waals surface area (Å²) >= 11 is 0. The van der Waals surface area contributed by atoms with Crippen LogP contribution in [-0.4, -0.2) is 5.11 Å². The Bertz CT molecular complexity index is 452. The van der Waals surface area contributed by atoms with Crippen LogP contribution in [0.4, 0.5) is 0 Å². The Hall–Kier alpha value is -1.76. The van der Waals surface area contributed by atoms with Gasteiger partial charge in [0.1, 0.15) is 0 Å². The molecule has 0 saturated heterocycles. The summed E-state index contributed by atoms with van der Waals surface area (Å²) in [6.45, 7) is 6.22. The van der Waals surface area contributed by atoms with Crippen molar-refractivity contribution in [3.63, 3.8) is 0 Å². The number of benzene rings is 1. The third-order valence-electron chi connectivity index (χ3n) is 3.29. The summed E-state index contributed by atoms with van der Waals surface area (Å²) in [7, 11) is 0. The van der Waals surface area contributed by atoms with Crippen molar-refractivity contribution in [3.8, 4) is 0 Å². The van der Waals surface area contributed by atoms with Crippen LogP contribution < -0.4 is 0 Å². The van der Waals surface area contributed by atoms with Crippen LogP contribution in [0.5, 0.6) is 0 Å². The van der Waals surface area contributed by atoms with Crippen molar-refractivity contribution in [1.29, 1.82) is 0 Å². The number of hydrogen-bond acceptors (Lipinski definition) is 1. The Kier molecular flexibility index (Phi) is 6.73. The minimum absolute atomic E-state index is 0.259. The highest BCUT2D eigenvalue weighted by Crippen LogP contribution is 2.13. The summed E-state index contributed by atoms with van der Waals surface area (Å²) in [6.07, 6.45) is 9.83. The molecule has 1 nitrogen and oxygen atoms in total. The number of aliphatic hydroxyl groups excluding tert-OH is 1. The Morgan fingerprint density at radius 2 is 1.95 bits per heavy atom. The van der Waals surface area contributed by atoms with E-state index in [4.69, 9.17) is 0 Å². The molecular formula is C18H24O. The predicted octanol–water partition coefficient (Wildman–Crippen LogP) is 5.52. The highest BCUT2D eigenvalue weighted by atomic mass is 16.3. The quantitative estimate of drug-likeness (QED) is 0.524. The van der Waals surface area contributed by atoms with Gasteiger partial charge in [0.05, 0.1) is 5.76 Å². The van der Waals surface area contributed by atoms with E-state index < -0.39 is 0 Å². The first-order valence-corrected chi connectivity index (χ1v) is 6.93. The van der Waals surface area contributed by atoms with Gasteiger partial charge in [-0.05, 0) is 37.0 Å². The van der Waals surface area contributed by atoms with Gasteiger partial charge in [-0.15, -0.1) is 0 Å². The van der Waals surface area contributed by atoms with Crippen molar-refractivity contribution < 1.29 is 5.11 Å². The van der Waals surface area contributed by atoms with Gasteiger partial charge in [0, 0.05) is 5.92 Å². The van der Waals surface area contributed by atoms with Gasteiger partial charge in [0.2, 0.25) is 0 Å². The normalized spacial score (nSPS) is 14.9. The van der Waals surface area contributed by atoms with Crippen molar-refractivity contribution in [2.45, 2.75) is 33.6 Å². The summed E-state index contributed by atoms with van der Waals surface area (Å²) in [5, 5.41) is 9.72. The lowest BCUT2D eigenvalue weighted by atomic mass is 10.1. The second-order valence-corrected chi connectivity index (χ2v) is 4.82. The summed E-state index contributed by atoms with van der Waals surface area (Å²) in [5.74, 6) is 0.755. The maximum absolute atomic E-state index is 9.72. The van der Waals surface area contributed by atoms with Gasteiger partial charge in [-0.1, -0.05) is 62.4 Å². The molecule has 0 aromatic heterocycles. The van der Waals surface area contributed by atoms with Gasteiger partial charge >= 0.3 is 0 Å². The van der Waals surface area contributed by atoms with Crippen LogP contribution in [0.3, 0.4) is 0 Å². The largest absolute Gasteiger partial charge is 0.512 e. The zero-order valence-electron chi connectivity index (χ0n) is 12.1. The van der Waals surface area contributed by atoms with Crippen molar-refractivity contribution in [1.82, 2.24) is 0 Å². The third kappa shape index (κ3) is 5.60. The van der Waals surface area contributed by atoms with E-state index in [1.54, 1.807) is 0 Å². The first-order valence-electron chi connectivity index (χ1n) is 6.93. The molecule has 0 bridgehead atoms. The molecule has 102 valence electrons. The molecule has 0 aliphatic heterocycles. The fourth-order valence-corrected chi connectivity index (χ4v) is 1.69. The van der Waals surface area contributed by atoms with Crippen LogP contribution in [0.15, 0.2) is 60.4 Å². The lowest BCUT2D eigenvalue weighted by Gasteiger charge is -2.05. The minimum atomic E-state index is 0.259. The molecule has 1 aromatic carbocycles. The molecule has 0 radical (unpaired) electrons. The zero-order valence-corrected chi connectivity index (χ0v) is 12.1. The summed E-state index contributed by atoms with van der Waals surface area (Å²) in [6, 6.07) is 10.3. The Balaban J connectivity index is 2.50. The highest BCUT2D eigenvalue weighted by molar-refractivity contribution is 5.64. The Morgan fingerprint density at radius 3 is 2.58 bits per heavy atom. The van der Waals surface area contributed by atoms with Gasteiger partial charge < -0.3 is 5.11 Å². The molecule has 1 unspecified atom stereocenters. The van der Waals surface area contributed by atoms with Crippen LogP contribution >= 0.6 is 0 Å². The monoisotopic (exact) mass is 256 g/mol. The molecule has 0 heterocycles. The maximum atomic E-state index is 9.72. The van der Waals surface area contributed by atoms with Crippen LogP contribution in [0.25, 0.3) is 5.57 Å². The first kappa shape index (κ1) is 15.3. The van der Waals surface area contributed by atoms with Crippen molar-refractivity contribution >= 4 is 5.57 Å². The van der Waals surface area contributed by atoms with Gasteiger partial charge in [-0.2, -0.15) is 0 Å². The van der Waals surface area contributed by atoms with Crippen LogP contribution in [0.2, 0.25) is 0 Å². The minimum Gasteiger partial charge on any atom is -0.512 e. The van der Waals surface area contributed by atoms with E-state index in [9.17, 15) is 5.11 Å². The standard InChI is InChI=1S/C18H24O/c1-4-15(2)18(19)14-10-5-7-11-16(3)17-12-8-6-9-13-17/h5-9,11-15,19H,4,10H2,1-3H3/b7-5+,16-11-,18-14-. The number of aliphatic hydroxyl groups is 1. The molecule has 0 aliphatic carbocycles. The van der Waals surface area contributed by atoms with E-state index in [0.29, 0.717) is 5.76 Å². The fourth-order valence-electron chi connectivity index (χ4n) is 1.69. The van der Waals surface area contributed by atoms with Gasteiger partial charge in [-0.3, -0.25) is 0 Å². The summed E-state index contributed by atoms with van der Waals surface area (Å²) < 4.78 is 0. The molecule has 1 rings (SSSR count). The SMILES string of the molecule is CCC(C)/C(O)=C/C/C=C/C=C(/C)c1ccccc1. The molecule has 19 heavy (non-hydrogen) atoms. The van der Waals surface area contributed by atoms with E-state index in [0.717, 1.165) is 12.8 Å². The molecule has 1 heteroatoms.